The van der Waals surface area contributed by atoms with Crippen LogP contribution in [0.3, 0.4) is 0 Å². The van der Waals surface area contributed by atoms with Gasteiger partial charge < -0.3 is 0 Å². The lowest BCUT2D eigenvalue weighted by molar-refractivity contribution is 0.0877. The van der Waals surface area contributed by atoms with Gasteiger partial charge in [-0.05, 0) is 83.6 Å². The maximum atomic E-state index is 14.1. The van der Waals surface area contributed by atoms with Crippen LogP contribution in [0.4, 0.5) is 11.4 Å². The first kappa shape index (κ1) is 32.4. The molecule has 2 aliphatic rings. The van der Waals surface area contributed by atoms with Crippen molar-refractivity contribution in [1.82, 2.24) is 0 Å². The minimum atomic E-state index is -5.18. The third-order valence-corrected chi connectivity index (χ3v) is 11.8. The van der Waals surface area contributed by atoms with Crippen LogP contribution in [0.25, 0.3) is 43.1 Å². The van der Waals surface area contributed by atoms with Crippen molar-refractivity contribution in [1.29, 1.82) is 0 Å². The van der Waals surface area contributed by atoms with Crippen LogP contribution in [0.1, 0.15) is 41.4 Å². The molecule has 0 atom stereocenters. The first-order valence-corrected chi connectivity index (χ1v) is 18.7. The zero-order valence-corrected chi connectivity index (χ0v) is 28.9. The number of amides is 4. The van der Waals surface area contributed by atoms with Crippen molar-refractivity contribution < 1.29 is 45.1 Å². The highest BCUT2D eigenvalue weighted by Crippen LogP contribution is 2.50. The van der Waals surface area contributed by atoms with E-state index in [1.165, 1.54) is 72.8 Å². The van der Waals surface area contributed by atoms with Crippen LogP contribution in [0.2, 0.25) is 10.0 Å². The van der Waals surface area contributed by atoms with Crippen LogP contribution >= 0.6 is 23.2 Å². The second kappa shape index (κ2) is 10.5. The molecule has 9 rings (SSSR count). The van der Waals surface area contributed by atoms with E-state index in [2.05, 4.69) is 0 Å². The molecule has 7 aromatic rings. The van der Waals surface area contributed by atoms with E-state index in [9.17, 15) is 45.1 Å². The predicted octanol–water partition coefficient (Wildman–Crippen LogP) is 7.14. The van der Waals surface area contributed by atoms with Gasteiger partial charge in [0, 0.05) is 53.5 Å². The first-order valence-electron chi connectivity index (χ1n) is 15.1. The summed E-state index contributed by atoms with van der Waals surface area (Å²) in [5.41, 5.74) is -0.483. The summed E-state index contributed by atoms with van der Waals surface area (Å²) >= 11 is 12.0. The van der Waals surface area contributed by atoms with Crippen molar-refractivity contribution in [2.75, 3.05) is 9.80 Å². The second-order valence-electron chi connectivity index (χ2n) is 12.2. The Morgan fingerprint density at radius 1 is 0.423 bits per heavy atom. The van der Waals surface area contributed by atoms with Crippen LogP contribution in [-0.2, 0) is 20.2 Å². The topological polar surface area (TPSA) is 184 Å². The quantitative estimate of drug-likeness (QED) is 0.0807. The normalized spacial score (nSPS) is 14.9. The molecule has 256 valence electrons. The number of hydrogen-bond acceptors (Lipinski definition) is 8. The smallest absolute Gasteiger partial charge is 0.282 e. The molecular weight excluding hydrogens is 755 g/mol. The number of halogens is 2. The SMILES string of the molecule is O=C1c2ccc3c4c(S(=O)(=O)O)cc5c6c(ccc(c7c(S(=O)(=O)O)cc(c2c37)C(=O)N1c1ccc(Cl)cc1)c64)C(=O)N(c1ccc(Cl)cc1)C5=O. The molecular formula is C36H16Cl2N2O10S2. The molecule has 0 aromatic heterocycles. The number of carbonyl (C=O) groups excluding carboxylic acids is 4. The molecule has 2 aliphatic heterocycles. The average Bonchev–Trinajstić information content (AvgIpc) is 3.09. The Balaban J connectivity index is 1.47. The number of rotatable bonds is 4. The molecule has 16 heteroatoms. The Morgan fingerprint density at radius 3 is 1.08 bits per heavy atom. The summed E-state index contributed by atoms with van der Waals surface area (Å²) in [7, 11) is -10.4. The third-order valence-electron chi connectivity index (χ3n) is 9.49. The Hall–Kier alpha value is -5.48. The first-order chi connectivity index (χ1) is 24.6. The Morgan fingerprint density at radius 2 is 0.750 bits per heavy atom. The highest BCUT2D eigenvalue weighted by Gasteiger charge is 2.41. The molecule has 4 amide bonds. The summed E-state index contributed by atoms with van der Waals surface area (Å²) in [4.78, 5) is 56.4. The lowest BCUT2D eigenvalue weighted by atomic mass is 9.82. The fourth-order valence-electron chi connectivity index (χ4n) is 7.45. The predicted molar refractivity (Wildman–Crippen MR) is 192 cm³/mol. The summed E-state index contributed by atoms with van der Waals surface area (Å²) < 4.78 is 74.1. The van der Waals surface area contributed by atoms with Gasteiger partial charge in [-0.25, -0.2) is 9.80 Å². The summed E-state index contributed by atoms with van der Waals surface area (Å²) in [6.07, 6.45) is 0. The lowest BCUT2D eigenvalue weighted by Crippen LogP contribution is -2.41. The fourth-order valence-corrected chi connectivity index (χ4v) is 9.17. The van der Waals surface area contributed by atoms with Gasteiger partial charge in [0.15, 0.2) is 0 Å². The zero-order chi connectivity index (χ0) is 36.8. The molecule has 0 bridgehead atoms. The maximum absolute atomic E-state index is 14.1. The lowest BCUT2D eigenvalue weighted by Gasteiger charge is -2.31. The largest absolute Gasteiger partial charge is 0.295 e. The minimum absolute atomic E-state index is 0.0403. The summed E-state index contributed by atoms with van der Waals surface area (Å²) in [5, 5.41) is -0.135. The van der Waals surface area contributed by atoms with Gasteiger partial charge in [0.2, 0.25) is 0 Å². The third kappa shape index (κ3) is 4.27. The van der Waals surface area contributed by atoms with E-state index in [1.54, 1.807) is 0 Å². The molecule has 2 heterocycles. The molecule has 12 nitrogen and oxygen atoms in total. The Labute approximate surface area is 302 Å². The van der Waals surface area contributed by atoms with Crippen LogP contribution in [-0.4, -0.2) is 49.6 Å². The number of imide groups is 2. The molecule has 0 aliphatic carbocycles. The van der Waals surface area contributed by atoms with E-state index >= 15 is 0 Å². The number of hydrogen-bond donors (Lipinski definition) is 2. The number of carbonyl (C=O) groups is 4. The molecule has 0 radical (unpaired) electrons. The Bertz CT molecular complexity index is 2900. The van der Waals surface area contributed by atoms with Crippen LogP contribution < -0.4 is 9.80 Å². The van der Waals surface area contributed by atoms with E-state index in [1.807, 2.05) is 0 Å². The number of nitrogens with zero attached hydrogens (tertiary/aromatic N) is 2. The van der Waals surface area contributed by atoms with Crippen LogP contribution in [0.5, 0.6) is 0 Å². The minimum Gasteiger partial charge on any atom is -0.282 e. The van der Waals surface area contributed by atoms with E-state index in [0.29, 0.717) is 10.0 Å². The summed E-state index contributed by atoms with van der Waals surface area (Å²) in [6.45, 7) is 0. The standard InChI is InChI=1S/C36H16Cl2N2O10S2/c37-15-1-5-17(6-2-15)39-33(41)21-11-9-19-30-26(52(48,49)50)14-24-28-22(34(42)40(36(24)44)18-7-3-16(38)4-8-18)12-10-20(32(28)30)29-25(51(45,46)47)13-23(35(39)43)27(21)31(19)29/h1-14H,(H,45,46,47)(H,48,49,50). The van der Waals surface area contributed by atoms with Gasteiger partial charge in [-0.15, -0.1) is 0 Å². The van der Waals surface area contributed by atoms with Gasteiger partial charge in [-0.3, -0.25) is 28.3 Å². The highest BCUT2D eigenvalue weighted by atomic mass is 35.5. The van der Waals surface area contributed by atoms with Gasteiger partial charge in [-0.2, -0.15) is 16.8 Å². The van der Waals surface area contributed by atoms with Crippen molar-refractivity contribution in [2.45, 2.75) is 9.79 Å². The number of benzene rings is 7. The van der Waals surface area contributed by atoms with Gasteiger partial charge in [0.25, 0.3) is 43.9 Å². The summed E-state index contributed by atoms with van der Waals surface area (Å²) in [6, 6.07) is 18.6. The number of fused-ring (bicyclic) bond motifs is 2. The molecule has 0 saturated heterocycles. The zero-order valence-electron chi connectivity index (χ0n) is 25.7. The van der Waals surface area contributed by atoms with Crippen molar-refractivity contribution in [3.8, 4) is 0 Å². The van der Waals surface area contributed by atoms with Gasteiger partial charge >= 0.3 is 0 Å². The van der Waals surface area contributed by atoms with Crippen molar-refractivity contribution >= 4 is 122 Å². The monoisotopic (exact) mass is 770 g/mol. The molecule has 52 heavy (non-hydrogen) atoms. The Kier molecular flexibility index (Phi) is 6.57. The van der Waals surface area contributed by atoms with Crippen LogP contribution in [0.15, 0.2) is 94.7 Å². The van der Waals surface area contributed by atoms with E-state index < -0.39 is 53.7 Å². The van der Waals surface area contributed by atoms with E-state index in [4.69, 9.17) is 23.2 Å². The molecule has 0 saturated carbocycles. The van der Waals surface area contributed by atoms with Gasteiger partial charge in [-0.1, -0.05) is 35.3 Å². The molecule has 0 fully saturated rings. The summed E-state index contributed by atoms with van der Waals surface area (Å²) in [5.74, 6) is -3.47. The number of anilines is 2. The van der Waals surface area contributed by atoms with Crippen LogP contribution in [0, 0.1) is 0 Å². The molecule has 2 N–H and O–H groups in total. The highest BCUT2D eigenvalue weighted by molar-refractivity contribution is 7.86. The van der Waals surface area contributed by atoms with E-state index in [0.717, 1.165) is 21.9 Å². The second-order valence-corrected chi connectivity index (χ2v) is 15.9. The maximum Gasteiger partial charge on any atom is 0.295 e. The molecule has 0 unspecified atom stereocenters. The van der Waals surface area contributed by atoms with Gasteiger partial charge in [0.1, 0.15) is 9.79 Å². The van der Waals surface area contributed by atoms with E-state index in [-0.39, 0.29) is 76.7 Å². The average molecular weight is 772 g/mol. The van der Waals surface area contributed by atoms with Gasteiger partial charge in [0.05, 0.1) is 22.5 Å². The fraction of sp³-hybridized carbons (Fsp3) is 0. The van der Waals surface area contributed by atoms with Crippen molar-refractivity contribution in [3.05, 3.63) is 117 Å². The molecule has 7 aromatic carbocycles. The van der Waals surface area contributed by atoms with Crippen molar-refractivity contribution in [3.63, 3.8) is 0 Å². The molecule has 0 spiro atoms. The van der Waals surface area contributed by atoms with Crippen molar-refractivity contribution in [2.24, 2.45) is 0 Å².